The van der Waals surface area contributed by atoms with Crippen molar-refractivity contribution in [2.75, 3.05) is 12.3 Å². The van der Waals surface area contributed by atoms with E-state index >= 15 is 0 Å². The van der Waals surface area contributed by atoms with E-state index in [0.717, 1.165) is 23.9 Å². The van der Waals surface area contributed by atoms with Crippen LogP contribution in [0.3, 0.4) is 0 Å². The van der Waals surface area contributed by atoms with Crippen LogP contribution < -0.4 is 11.2 Å². The van der Waals surface area contributed by atoms with Crippen LogP contribution in [0.1, 0.15) is 18.4 Å². The van der Waals surface area contributed by atoms with Crippen LogP contribution in [0.25, 0.3) is 0 Å². The van der Waals surface area contributed by atoms with Crippen LogP contribution in [-0.2, 0) is 25.5 Å². The molecule has 31 heavy (non-hydrogen) atoms. The van der Waals surface area contributed by atoms with Crippen molar-refractivity contribution in [3.8, 4) is 0 Å². The minimum absolute atomic E-state index is 0.0210. The van der Waals surface area contributed by atoms with Crippen molar-refractivity contribution < 1.29 is 36.3 Å². The summed E-state index contributed by atoms with van der Waals surface area (Å²) in [6.07, 6.45) is -4.29. The van der Waals surface area contributed by atoms with Gasteiger partial charge in [-0.2, -0.15) is 13.2 Å². The molecule has 0 saturated carbocycles. The van der Waals surface area contributed by atoms with Crippen LogP contribution in [0.15, 0.2) is 57.2 Å². The summed E-state index contributed by atoms with van der Waals surface area (Å²) in [5.41, 5.74) is 5.14. The first-order valence-corrected chi connectivity index (χ1v) is 11.4. The molecule has 12 heteroatoms. The van der Waals surface area contributed by atoms with Gasteiger partial charge in [0.2, 0.25) is 15.7 Å². The van der Waals surface area contributed by atoms with Crippen LogP contribution in [-0.4, -0.2) is 31.6 Å². The first-order chi connectivity index (χ1) is 14.5. The third kappa shape index (κ3) is 5.32. The molecule has 2 aromatic carbocycles. The Kier molecular flexibility index (Phi) is 6.84. The number of nitrogens with two attached hydrogens (primary N) is 1. The van der Waals surface area contributed by atoms with E-state index in [9.17, 15) is 26.4 Å². The number of amides is 1. The monoisotopic (exact) mass is 476 g/mol. The molecule has 3 rings (SSSR count). The molecule has 1 amide bonds. The number of carbonyl (C=O) groups is 1. The number of benzene rings is 2. The fourth-order valence-corrected chi connectivity index (χ4v) is 5.52. The molecule has 1 aliphatic heterocycles. The zero-order valence-corrected chi connectivity index (χ0v) is 17.6. The molecule has 0 aliphatic carbocycles. The Labute approximate surface area is 180 Å². The lowest BCUT2D eigenvalue weighted by Gasteiger charge is -2.28. The van der Waals surface area contributed by atoms with E-state index in [4.69, 9.17) is 15.7 Å². The van der Waals surface area contributed by atoms with Crippen molar-refractivity contribution in [3.05, 3.63) is 48.0 Å². The number of hydrogen-bond acceptors (Lipinski definition) is 7. The predicted molar refractivity (Wildman–Crippen MR) is 106 cm³/mol. The number of halogens is 3. The average molecular weight is 476 g/mol. The molecule has 0 radical (unpaired) electrons. The highest BCUT2D eigenvalue weighted by Gasteiger charge is 2.36. The third-order valence-corrected chi connectivity index (χ3v) is 7.84. The van der Waals surface area contributed by atoms with Gasteiger partial charge in [0, 0.05) is 34.4 Å². The lowest BCUT2D eigenvalue weighted by atomic mass is 10.00. The standard InChI is InChI=1S/C19H19F3N2O5S2/c20-19(21,22)12-1-6-16(15(23)10-12)30-13-2-4-14(5-3-13)31(27,28)17-9-11(7-8-29-17)18(25)24-26/h1-6,10-11,17,26H,7-9,23H2,(H,24,25). The Hall–Kier alpha value is -2.28. The number of ether oxygens (including phenoxy) is 1. The summed E-state index contributed by atoms with van der Waals surface area (Å²) in [5.74, 6) is -1.35. The Morgan fingerprint density at radius 2 is 1.87 bits per heavy atom. The molecular weight excluding hydrogens is 457 g/mol. The Bertz CT molecular complexity index is 1060. The van der Waals surface area contributed by atoms with Gasteiger partial charge in [-0.15, -0.1) is 0 Å². The normalized spacial score (nSPS) is 19.7. The highest BCUT2D eigenvalue weighted by molar-refractivity contribution is 7.99. The third-order valence-electron chi connectivity index (χ3n) is 4.79. The smallest absolute Gasteiger partial charge is 0.398 e. The molecule has 2 unspecified atom stereocenters. The minimum Gasteiger partial charge on any atom is -0.398 e. The molecule has 2 atom stereocenters. The van der Waals surface area contributed by atoms with Gasteiger partial charge in [0.15, 0.2) is 5.44 Å². The van der Waals surface area contributed by atoms with E-state index in [2.05, 4.69) is 0 Å². The summed E-state index contributed by atoms with van der Waals surface area (Å²) in [4.78, 5) is 12.6. The molecule has 0 aromatic heterocycles. The Morgan fingerprint density at radius 3 is 2.45 bits per heavy atom. The fraction of sp³-hybridized carbons (Fsp3) is 0.316. The van der Waals surface area contributed by atoms with E-state index < -0.39 is 38.8 Å². The Morgan fingerprint density at radius 1 is 1.19 bits per heavy atom. The molecule has 4 N–H and O–H groups in total. The van der Waals surface area contributed by atoms with E-state index in [1.54, 1.807) is 0 Å². The summed E-state index contributed by atoms with van der Waals surface area (Å²) in [5, 5.41) is 8.76. The zero-order valence-electron chi connectivity index (χ0n) is 15.9. The quantitative estimate of drug-likeness (QED) is 0.343. The topological polar surface area (TPSA) is 119 Å². The molecule has 2 aromatic rings. The Balaban J connectivity index is 1.74. The fourth-order valence-electron chi connectivity index (χ4n) is 3.10. The molecule has 1 saturated heterocycles. The highest BCUT2D eigenvalue weighted by atomic mass is 32.2. The number of carbonyl (C=O) groups excluding carboxylic acids is 1. The molecule has 7 nitrogen and oxygen atoms in total. The van der Waals surface area contributed by atoms with E-state index in [-0.39, 0.29) is 23.6 Å². The van der Waals surface area contributed by atoms with Gasteiger partial charge in [-0.3, -0.25) is 10.0 Å². The van der Waals surface area contributed by atoms with Gasteiger partial charge in [-0.1, -0.05) is 11.8 Å². The van der Waals surface area contributed by atoms with Gasteiger partial charge in [-0.05, 0) is 48.9 Å². The van der Waals surface area contributed by atoms with Crippen molar-refractivity contribution in [1.29, 1.82) is 0 Å². The van der Waals surface area contributed by atoms with Crippen molar-refractivity contribution in [3.63, 3.8) is 0 Å². The average Bonchev–Trinajstić information content (AvgIpc) is 2.74. The van der Waals surface area contributed by atoms with Gasteiger partial charge < -0.3 is 10.5 Å². The summed E-state index contributed by atoms with van der Waals surface area (Å²) in [6, 6.07) is 8.77. The van der Waals surface area contributed by atoms with Gasteiger partial charge in [0.1, 0.15) is 0 Å². The van der Waals surface area contributed by atoms with Crippen LogP contribution >= 0.6 is 11.8 Å². The second kappa shape index (κ2) is 9.07. The number of nitrogens with one attached hydrogen (secondary N) is 1. The first-order valence-electron chi connectivity index (χ1n) is 9.06. The molecule has 0 spiro atoms. The molecule has 1 heterocycles. The largest absolute Gasteiger partial charge is 0.416 e. The van der Waals surface area contributed by atoms with Crippen molar-refractivity contribution >= 4 is 33.2 Å². The zero-order chi connectivity index (χ0) is 22.8. The summed E-state index contributed by atoms with van der Waals surface area (Å²) in [6.45, 7) is 0.0586. The van der Waals surface area contributed by atoms with Crippen LogP contribution in [0.2, 0.25) is 0 Å². The second-order valence-corrected chi connectivity index (χ2v) is 10.1. The van der Waals surface area contributed by atoms with Crippen molar-refractivity contribution in [2.45, 2.75) is 39.1 Å². The number of alkyl halides is 3. The second-order valence-electron chi connectivity index (χ2n) is 6.87. The van der Waals surface area contributed by atoms with Gasteiger partial charge in [-0.25, -0.2) is 13.9 Å². The summed E-state index contributed by atoms with van der Waals surface area (Å²) < 4.78 is 69.3. The maximum absolute atomic E-state index is 12.8. The van der Waals surface area contributed by atoms with Gasteiger partial charge in [0.05, 0.1) is 10.5 Å². The summed E-state index contributed by atoms with van der Waals surface area (Å²) in [7, 11) is -3.90. The lowest BCUT2D eigenvalue weighted by Crippen LogP contribution is -2.39. The molecular formula is C19H19F3N2O5S2. The number of rotatable bonds is 5. The summed E-state index contributed by atoms with van der Waals surface area (Å²) >= 11 is 1.10. The number of sulfone groups is 1. The van der Waals surface area contributed by atoms with Crippen molar-refractivity contribution in [1.82, 2.24) is 5.48 Å². The van der Waals surface area contributed by atoms with E-state index in [1.165, 1.54) is 35.8 Å². The first kappa shape index (κ1) is 23.4. The number of hydrogen-bond donors (Lipinski definition) is 3. The SMILES string of the molecule is Nc1cc(C(F)(F)F)ccc1Sc1ccc(S(=O)(=O)C2CC(C(=O)NO)CCO2)cc1. The molecule has 1 aliphatic rings. The highest BCUT2D eigenvalue weighted by Crippen LogP contribution is 2.37. The van der Waals surface area contributed by atoms with Crippen molar-refractivity contribution in [2.24, 2.45) is 5.92 Å². The van der Waals surface area contributed by atoms with E-state index in [0.29, 0.717) is 16.2 Å². The number of nitrogen functional groups attached to an aromatic ring is 1. The van der Waals surface area contributed by atoms with Crippen LogP contribution in [0.4, 0.5) is 18.9 Å². The molecule has 1 fully saturated rings. The van der Waals surface area contributed by atoms with Crippen LogP contribution in [0.5, 0.6) is 0 Å². The molecule has 0 bridgehead atoms. The maximum Gasteiger partial charge on any atom is 0.416 e. The predicted octanol–water partition coefficient (Wildman–Crippen LogP) is 3.47. The lowest BCUT2D eigenvalue weighted by molar-refractivity contribution is -0.138. The van der Waals surface area contributed by atoms with E-state index in [1.807, 2.05) is 0 Å². The maximum atomic E-state index is 12.8. The van der Waals surface area contributed by atoms with Crippen LogP contribution in [0, 0.1) is 5.92 Å². The van der Waals surface area contributed by atoms with Gasteiger partial charge in [0.25, 0.3) is 0 Å². The minimum atomic E-state index is -4.49. The number of hydroxylamine groups is 1. The van der Waals surface area contributed by atoms with Gasteiger partial charge >= 0.3 is 6.18 Å². The number of anilines is 1. The molecule has 168 valence electrons.